The largest absolute Gasteiger partial charge is 0.346 e. The standard InChI is InChI=1S/C24H31Cl2N7S/c1-5-32-14-20(16(2)28-32)13-30-8-10-31(11-9-30)24(34)27-23-17(3)29-33(18(23)4)15-19-6-7-21(25)12-22(19)26/h6-7,12,14H,5,8-11,13,15H2,1-4H3,(H,27,34). The van der Waals surface area contributed by atoms with Gasteiger partial charge in [0.05, 0.1) is 29.3 Å². The molecule has 1 aromatic carbocycles. The molecule has 0 atom stereocenters. The first-order valence-electron chi connectivity index (χ1n) is 11.5. The van der Waals surface area contributed by atoms with Crippen molar-refractivity contribution in [3.05, 3.63) is 62.6 Å². The lowest BCUT2D eigenvalue weighted by atomic mass is 10.2. The number of aryl methyl sites for hydroxylation is 3. The van der Waals surface area contributed by atoms with E-state index in [1.165, 1.54) is 5.56 Å². The van der Waals surface area contributed by atoms with Crippen LogP contribution in [0, 0.1) is 20.8 Å². The summed E-state index contributed by atoms with van der Waals surface area (Å²) in [6.45, 7) is 14.3. The predicted molar refractivity (Wildman–Crippen MR) is 143 cm³/mol. The van der Waals surface area contributed by atoms with Crippen LogP contribution in [0.15, 0.2) is 24.4 Å². The van der Waals surface area contributed by atoms with Crippen LogP contribution < -0.4 is 5.32 Å². The maximum Gasteiger partial charge on any atom is 0.173 e. The van der Waals surface area contributed by atoms with E-state index in [2.05, 4.69) is 40.3 Å². The van der Waals surface area contributed by atoms with Gasteiger partial charge in [0.1, 0.15) is 0 Å². The van der Waals surface area contributed by atoms with E-state index >= 15 is 0 Å². The number of thiocarbonyl (C=S) groups is 1. The molecule has 34 heavy (non-hydrogen) atoms. The molecule has 1 N–H and O–H groups in total. The number of hydrogen-bond acceptors (Lipinski definition) is 4. The molecule has 1 aliphatic heterocycles. The minimum Gasteiger partial charge on any atom is -0.346 e. The first kappa shape index (κ1) is 25.0. The lowest BCUT2D eigenvalue weighted by Gasteiger charge is -2.36. The van der Waals surface area contributed by atoms with Crippen molar-refractivity contribution in [3.8, 4) is 0 Å². The molecular formula is C24H31Cl2N7S. The Morgan fingerprint density at radius 3 is 2.38 bits per heavy atom. The monoisotopic (exact) mass is 519 g/mol. The molecule has 0 bridgehead atoms. The number of halogens is 2. The fourth-order valence-electron chi connectivity index (χ4n) is 4.26. The van der Waals surface area contributed by atoms with Crippen LogP contribution in [0.5, 0.6) is 0 Å². The van der Waals surface area contributed by atoms with E-state index in [0.29, 0.717) is 16.6 Å². The van der Waals surface area contributed by atoms with Crippen molar-refractivity contribution in [1.82, 2.24) is 29.4 Å². The van der Waals surface area contributed by atoms with E-state index in [9.17, 15) is 0 Å². The maximum absolute atomic E-state index is 6.37. The zero-order valence-corrected chi connectivity index (χ0v) is 22.4. The number of nitrogens with zero attached hydrogens (tertiary/aromatic N) is 6. The predicted octanol–water partition coefficient (Wildman–Crippen LogP) is 4.89. The zero-order valence-electron chi connectivity index (χ0n) is 20.1. The third kappa shape index (κ3) is 5.57. The van der Waals surface area contributed by atoms with E-state index in [4.69, 9.17) is 40.5 Å². The van der Waals surface area contributed by atoms with Gasteiger partial charge in [-0.15, -0.1) is 0 Å². The van der Waals surface area contributed by atoms with Crippen molar-refractivity contribution < 1.29 is 0 Å². The number of anilines is 1. The molecule has 2 aromatic heterocycles. The van der Waals surface area contributed by atoms with Gasteiger partial charge in [-0.2, -0.15) is 10.2 Å². The summed E-state index contributed by atoms with van der Waals surface area (Å²) in [4.78, 5) is 4.70. The molecule has 7 nitrogen and oxygen atoms in total. The Balaban J connectivity index is 1.35. The van der Waals surface area contributed by atoms with Gasteiger partial charge in [0, 0.05) is 61.1 Å². The van der Waals surface area contributed by atoms with Crippen LogP contribution in [0.3, 0.4) is 0 Å². The molecule has 0 aliphatic carbocycles. The molecule has 0 spiro atoms. The number of hydrogen-bond donors (Lipinski definition) is 1. The number of aromatic nitrogens is 4. The van der Waals surface area contributed by atoms with Crippen LogP contribution in [0.4, 0.5) is 5.69 Å². The number of rotatable bonds is 6. The van der Waals surface area contributed by atoms with Gasteiger partial charge in [-0.05, 0) is 57.6 Å². The highest BCUT2D eigenvalue weighted by Crippen LogP contribution is 2.25. The highest BCUT2D eigenvalue weighted by Gasteiger charge is 2.22. The summed E-state index contributed by atoms with van der Waals surface area (Å²) in [6, 6.07) is 5.54. The summed E-state index contributed by atoms with van der Waals surface area (Å²) in [5.74, 6) is 0. The van der Waals surface area contributed by atoms with Crippen molar-refractivity contribution in [3.63, 3.8) is 0 Å². The lowest BCUT2D eigenvalue weighted by molar-refractivity contribution is 0.176. The summed E-state index contributed by atoms with van der Waals surface area (Å²) in [5.41, 5.74) is 6.28. The van der Waals surface area contributed by atoms with E-state index in [1.807, 2.05) is 35.3 Å². The highest BCUT2D eigenvalue weighted by atomic mass is 35.5. The molecule has 0 radical (unpaired) electrons. The van der Waals surface area contributed by atoms with Crippen LogP contribution in [-0.4, -0.2) is 60.7 Å². The van der Waals surface area contributed by atoms with Gasteiger partial charge in [-0.3, -0.25) is 14.3 Å². The molecule has 0 saturated carbocycles. The van der Waals surface area contributed by atoms with Gasteiger partial charge in [0.15, 0.2) is 5.11 Å². The fourth-order valence-corrected chi connectivity index (χ4v) is 5.01. The van der Waals surface area contributed by atoms with Gasteiger partial charge in [-0.25, -0.2) is 0 Å². The van der Waals surface area contributed by atoms with Crippen molar-refractivity contribution in [2.24, 2.45) is 0 Å². The summed E-state index contributed by atoms with van der Waals surface area (Å²) in [5, 5.41) is 14.7. The average Bonchev–Trinajstić information content (AvgIpc) is 3.29. The van der Waals surface area contributed by atoms with Gasteiger partial charge in [0.25, 0.3) is 0 Å². The minimum atomic E-state index is 0.573. The molecule has 3 aromatic rings. The van der Waals surface area contributed by atoms with Crippen LogP contribution >= 0.6 is 35.4 Å². The Labute approximate surface area is 216 Å². The molecule has 4 rings (SSSR count). The van der Waals surface area contributed by atoms with Crippen molar-refractivity contribution in [2.45, 2.75) is 47.3 Å². The summed E-state index contributed by atoms with van der Waals surface area (Å²) in [7, 11) is 0. The Hall–Kier alpha value is -2.13. The Kier molecular flexibility index (Phi) is 7.82. The van der Waals surface area contributed by atoms with Crippen molar-refractivity contribution in [2.75, 3.05) is 31.5 Å². The van der Waals surface area contributed by atoms with Crippen LogP contribution in [-0.2, 0) is 19.6 Å². The van der Waals surface area contributed by atoms with Gasteiger partial charge >= 0.3 is 0 Å². The lowest BCUT2D eigenvalue weighted by Crippen LogP contribution is -2.49. The quantitative estimate of drug-likeness (QED) is 0.467. The first-order valence-corrected chi connectivity index (χ1v) is 12.7. The van der Waals surface area contributed by atoms with Crippen LogP contribution in [0.1, 0.15) is 35.1 Å². The number of piperazine rings is 1. The minimum absolute atomic E-state index is 0.573. The molecule has 0 unspecified atom stereocenters. The first-order chi connectivity index (χ1) is 16.2. The second kappa shape index (κ2) is 10.6. The molecule has 1 fully saturated rings. The zero-order chi connectivity index (χ0) is 24.4. The molecule has 3 heterocycles. The third-order valence-electron chi connectivity index (χ3n) is 6.37. The molecule has 182 valence electrons. The van der Waals surface area contributed by atoms with Gasteiger partial charge < -0.3 is 10.2 Å². The van der Waals surface area contributed by atoms with Crippen LogP contribution in [0.2, 0.25) is 10.0 Å². The van der Waals surface area contributed by atoms with E-state index in [1.54, 1.807) is 6.07 Å². The SMILES string of the molecule is CCn1cc(CN2CCN(C(=S)Nc3c(C)nn(Cc4ccc(Cl)cc4Cl)c3C)CC2)c(C)n1. The Bertz CT molecular complexity index is 1180. The topological polar surface area (TPSA) is 54.1 Å². The maximum atomic E-state index is 6.37. The third-order valence-corrected chi connectivity index (χ3v) is 7.32. The number of benzene rings is 1. The Morgan fingerprint density at radius 1 is 1.00 bits per heavy atom. The van der Waals surface area contributed by atoms with E-state index in [0.717, 1.165) is 72.7 Å². The van der Waals surface area contributed by atoms with E-state index in [-0.39, 0.29) is 0 Å². The highest BCUT2D eigenvalue weighted by molar-refractivity contribution is 7.80. The average molecular weight is 521 g/mol. The second-order valence-electron chi connectivity index (χ2n) is 8.73. The molecule has 10 heteroatoms. The van der Waals surface area contributed by atoms with Crippen molar-refractivity contribution in [1.29, 1.82) is 0 Å². The summed E-state index contributed by atoms with van der Waals surface area (Å²) in [6.07, 6.45) is 2.16. The summed E-state index contributed by atoms with van der Waals surface area (Å²) < 4.78 is 3.96. The van der Waals surface area contributed by atoms with Gasteiger partial charge in [-0.1, -0.05) is 29.3 Å². The van der Waals surface area contributed by atoms with E-state index < -0.39 is 0 Å². The Morgan fingerprint density at radius 2 is 1.74 bits per heavy atom. The summed E-state index contributed by atoms with van der Waals surface area (Å²) >= 11 is 18.2. The smallest absolute Gasteiger partial charge is 0.173 e. The molecule has 0 amide bonds. The molecular weight excluding hydrogens is 489 g/mol. The van der Waals surface area contributed by atoms with Crippen molar-refractivity contribution >= 4 is 46.2 Å². The molecule has 1 saturated heterocycles. The fraction of sp³-hybridized carbons (Fsp3) is 0.458. The molecule has 1 aliphatic rings. The van der Waals surface area contributed by atoms with Crippen LogP contribution in [0.25, 0.3) is 0 Å². The number of nitrogens with one attached hydrogen (secondary N) is 1. The second-order valence-corrected chi connectivity index (χ2v) is 9.96. The van der Waals surface area contributed by atoms with Gasteiger partial charge in [0.2, 0.25) is 0 Å². The normalized spacial score (nSPS) is 14.6.